The molecule has 0 aromatic heterocycles. The Labute approximate surface area is 177 Å². The second-order valence-corrected chi connectivity index (χ2v) is 8.97. The van der Waals surface area contributed by atoms with Crippen molar-refractivity contribution < 1.29 is 22.2 Å². The lowest BCUT2D eigenvalue weighted by Gasteiger charge is -2.22. The van der Waals surface area contributed by atoms with Gasteiger partial charge in [0.05, 0.1) is 5.56 Å². The van der Waals surface area contributed by atoms with Crippen LogP contribution in [0.5, 0.6) is 0 Å². The fraction of sp³-hybridized carbons (Fsp3) is 0.409. The summed E-state index contributed by atoms with van der Waals surface area (Å²) in [4.78, 5) is 16.9. The van der Waals surface area contributed by atoms with E-state index in [1.54, 1.807) is 18.4 Å². The van der Waals surface area contributed by atoms with E-state index in [9.17, 15) is 22.2 Å². The van der Waals surface area contributed by atoms with Gasteiger partial charge in [-0.15, -0.1) is 0 Å². The molecule has 2 aromatic carbocycles. The molecule has 30 heavy (non-hydrogen) atoms. The SMILES string of the molecule is CS(=O)Cc1cccc(C(=O)N2CCCN(Cc3ccc(C(F)(F)F)cc3)CC2)c1. The third-order valence-electron chi connectivity index (χ3n) is 5.11. The number of rotatable bonds is 5. The van der Waals surface area contributed by atoms with Crippen LogP contribution >= 0.6 is 0 Å². The molecule has 0 aliphatic carbocycles. The van der Waals surface area contributed by atoms with Crippen molar-refractivity contribution >= 4 is 16.7 Å². The van der Waals surface area contributed by atoms with Gasteiger partial charge in [0.25, 0.3) is 5.91 Å². The zero-order valence-electron chi connectivity index (χ0n) is 16.8. The van der Waals surface area contributed by atoms with Gasteiger partial charge < -0.3 is 4.90 Å². The Hall–Kier alpha value is -2.19. The van der Waals surface area contributed by atoms with Crippen LogP contribution < -0.4 is 0 Å². The van der Waals surface area contributed by atoms with E-state index >= 15 is 0 Å². The van der Waals surface area contributed by atoms with Crippen LogP contribution in [0.2, 0.25) is 0 Å². The summed E-state index contributed by atoms with van der Waals surface area (Å²) in [6, 6.07) is 12.5. The molecule has 1 heterocycles. The first-order chi connectivity index (χ1) is 14.2. The van der Waals surface area contributed by atoms with Crippen molar-refractivity contribution in [2.45, 2.75) is 24.9 Å². The lowest BCUT2D eigenvalue weighted by Crippen LogP contribution is -2.35. The van der Waals surface area contributed by atoms with E-state index in [0.29, 0.717) is 37.5 Å². The number of hydrogen-bond acceptors (Lipinski definition) is 3. The van der Waals surface area contributed by atoms with Crippen LogP contribution in [-0.4, -0.2) is 52.4 Å². The van der Waals surface area contributed by atoms with Crippen LogP contribution in [0.15, 0.2) is 48.5 Å². The molecule has 1 saturated heterocycles. The van der Waals surface area contributed by atoms with E-state index < -0.39 is 22.5 Å². The maximum Gasteiger partial charge on any atom is 0.416 e. The first-order valence-corrected chi connectivity index (χ1v) is 11.5. The highest BCUT2D eigenvalue weighted by Gasteiger charge is 2.30. The van der Waals surface area contributed by atoms with E-state index in [1.165, 1.54) is 12.1 Å². The van der Waals surface area contributed by atoms with Gasteiger partial charge in [0.1, 0.15) is 0 Å². The van der Waals surface area contributed by atoms with Crippen molar-refractivity contribution in [2.75, 3.05) is 32.4 Å². The second-order valence-electron chi connectivity index (χ2n) is 7.53. The number of carbonyl (C=O) groups is 1. The molecule has 0 spiro atoms. The minimum Gasteiger partial charge on any atom is -0.337 e. The minimum absolute atomic E-state index is 0.0462. The molecule has 2 aromatic rings. The Kier molecular flexibility index (Phi) is 7.31. The zero-order valence-corrected chi connectivity index (χ0v) is 17.6. The van der Waals surface area contributed by atoms with Crippen molar-refractivity contribution in [3.05, 3.63) is 70.8 Å². The number of nitrogens with zero attached hydrogens (tertiary/aromatic N) is 2. The van der Waals surface area contributed by atoms with Crippen molar-refractivity contribution in [2.24, 2.45) is 0 Å². The van der Waals surface area contributed by atoms with E-state index in [2.05, 4.69) is 4.90 Å². The van der Waals surface area contributed by atoms with Gasteiger partial charge in [-0.1, -0.05) is 24.3 Å². The Morgan fingerprint density at radius 3 is 2.40 bits per heavy atom. The van der Waals surface area contributed by atoms with E-state index in [-0.39, 0.29) is 5.91 Å². The highest BCUT2D eigenvalue weighted by atomic mass is 32.2. The third kappa shape index (κ3) is 6.15. The fourth-order valence-electron chi connectivity index (χ4n) is 3.60. The summed E-state index contributed by atoms with van der Waals surface area (Å²) in [6.45, 7) is 3.18. The summed E-state index contributed by atoms with van der Waals surface area (Å²) in [5, 5.41) is 0. The Morgan fingerprint density at radius 2 is 1.73 bits per heavy atom. The maximum absolute atomic E-state index is 12.9. The normalized spacial score (nSPS) is 16.9. The average Bonchev–Trinajstić information content (AvgIpc) is 2.92. The number of hydrogen-bond donors (Lipinski definition) is 0. The van der Waals surface area contributed by atoms with Crippen LogP contribution in [-0.2, 0) is 29.3 Å². The van der Waals surface area contributed by atoms with Gasteiger partial charge in [-0.05, 0) is 41.8 Å². The van der Waals surface area contributed by atoms with Gasteiger partial charge in [0.2, 0.25) is 0 Å². The van der Waals surface area contributed by atoms with Crippen molar-refractivity contribution in [1.29, 1.82) is 0 Å². The molecule has 8 heteroatoms. The average molecular weight is 439 g/mol. The van der Waals surface area contributed by atoms with Crippen molar-refractivity contribution in [3.63, 3.8) is 0 Å². The van der Waals surface area contributed by atoms with Gasteiger partial charge in [0.15, 0.2) is 0 Å². The predicted molar refractivity (Wildman–Crippen MR) is 111 cm³/mol. The molecule has 1 atom stereocenters. The fourth-order valence-corrected chi connectivity index (χ4v) is 4.25. The maximum atomic E-state index is 12.9. The largest absolute Gasteiger partial charge is 0.416 e. The lowest BCUT2D eigenvalue weighted by molar-refractivity contribution is -0.137. The number of carbonyl (C=O) groups excluding carboxylic acids is 1. The molecular formula is C22H25F3N2O2S. The molecule has 0 radical (unpaired) electrons. The van der Waals surface area contributed by atoms with Crippen molar-refractivity contribution in [1.82, 2.24) is 9.80 Å². The summed E-state index contributed by atoms with van der Waals surface area (Å²) in [7, 11) is -0.970. The second kappa shape index (κ2) is 9.75. The smallest absolute Gasteiger partial charge is 0.337 e. The molecule has 1 aliphatic heterocycles. The molecule has 0 saturated carbocycles. The summed E-state index contributed by atoms with van der Waals surface area (Å²) in [5.41, 5.74) is 1.64. The molecule has 1 unspecified atom stereocenters. The topological polar surface area (TPSA) is 40.6 Å². The molecule has 0 bridgehead atoms. The predicted octanol–water partition coefficient (Wildman–Crippen LogP) is 3.93. The Bertz CT molecular complexity index is 900. The monoisotopic (exact) mass is 438 g/mol. The quantitative estimate of drug-likeness (QED) is 0.710. The molecule has 4 nitrogen and oxygen atoms in total. The van der Waals surface area contributed by atoms with Crippen LogP contribution in [0.1, 0.15) is 33.5 Å². The summed E-state index contributed by atoms with van der Waals surface area (Å²) in [5.74, 6) is 0.372. The van der Waals surface area contributed by atoms with Crippen LogP contribution in [0.25, 0.3) is 0 Å². The number of alkyl halides is 3. The summed E-state index contributed by atoms with van der Waals surface area (Å²) >= 11 is 0. The number of amides is 1. The standard InChI is InChI=1S/C22H25F3N2O2S/c1-30(29)16-18-4-2-5-19(14-18)21(28)27-11-3-10-26(12-13-27)15-17-6-8-20(9-7-17)22(23,24)25/h2,4-9,14H,3,10-13,15-16H2,1H3. The molecular weight excluding hydrogens is 413 g/mol. The molecule has 1 fully saturated rings. The summed E-state index contributed by atoms with van der Waals surface area (Å²) < 4.78 is 49.6. The molecule has 1 amide bonds. The van der Waals surface area contributed by atoms with E-state index in [1.807, 2.05) is 17.0 Å². The van der Waals surface area contributed by atoms with Gasteiger partial charge >= 0.3 is 6.18 Å². The van der Waals surface area contributed by atoms with Gasteiger partial charge in [0, 0.05) is 61.1 Å². The first-order valence-electron chi connectivity index (χ1n) is 9.79. The van der Waals surface area contributed by atoms with Crippen LogP contribution in [0.3, 0.4) is 0 Å². The number of benzene rings is 2. The lowest BCUT2D eigenvalue weighted by atomic mass is 10.1. The molecule has 1 aliphatic rings. The summed E-state index contributed by atoms with van der Waals surface area (Å²) in [6.07, 6.45) is -1.90. The highest BCUT2D eigenvalue weighted by molar-refractivity contribution is 7.83. The Morgan fingerprint density at radius 1 is 1.00 bits per heavy atom. The van der Waals surface area contributed by atoms with Crippen LogP contribution in [0.4, 0.5) is 13.2 Å². The van der Waals surface area contributed by atoms with Gasteiger partial charge in [-0.2, -0.15) is 13.2 Å². The highest BCUT2D eigenvalue weighted by Crippen LogP contribution is 2.29. The van der Waals surface area contributed by atoms with Crippen molar-refractivity contribution in [3.8, 4) is 0 Å². The number of halogens is 3. The van der Waals surface area contributed by atoms with Gasteiger partial charge in [-0.3, -0.25) is 13.9 Å². The van der Waals surface area contributed by atoms with Crippen LogP contribution in [0, 0.1) is 0 Å². The van der Waals surface area contributed by atoms with E-state index in [0.717, 1.165) is 36.2 Å². The minimum atomic E-state index is -4.33. The van der Waals surface area contributed by atoms with Gasteiger partial charge in [-0.25, -0.2) is 0 Å². The first kappa shape index (κ1) is 22.5. The zero-order chi connectivity index (χ0) is 21.7. The molecule has 162 valence electrons. The third-order valence-corrected chi connectivity index (χ3v) is 5.85. The van der Waals surface area contributed by atoms with E-state index in [4.69, 9.17) is 0 Å². The molecule has 0 N–H and O–H groups in total. The Balaban J connectivity index is 1.59. The molecule has 3 rings (SSSR count).